The van der Waals surface area contributed by atoms with Gasteiger partial charge in [0.05, 0.1) is 5.75 Å². The maximum Gasteiger partial charge on any atom is 0.214 e. The first kappa shape index (κ1) is 15.5. The van der Waals surface area contributed by atoms with E-state index in [0.717, 1.165) is 12.0 Å². The average molecular weight is 290 g/mol. The van der Waals surface area contributed by atoms with Crippen molar-refractivity contribution in [1.82, 2.24) is 4.31 Å². The quantitative estimate of drug-likeness (QED) is 0.690. The lowest BCUT2D eigenvalue weighted by Crippen LogP contribution is -2.34. The maximum atomic E-state index is 12.2. The summed E-state index contributed by atoms with van der Waals surface area (Å²) in [5.74, 6) is 0.519. The number of hydrogen-bond acceptors (Lipinski definition) is 2. The summed E-state index contributed by atoms with van der Waals surface area (Å²) in [5.41, 5.74) is 0.989. The highest BCUT2D eigenvalue weighted by atomic mass is 35.5. The molecule has 0 atom stereocenters. The van der Waals surface area contributed by atoms with Gasteiger partial charge in [-0.1, -0.05) is 43.7 Å². The van der Waals surface area contributed by atoms with Crippen molar-refractivity contribution in [1.29, 1.82) is 0 Å². The zero-order valence-corrected chi connectivity index (χ0v) is 12.3. The van der Waals surface area contributed by atoms with Crippen LogP contribution < -0.4 is 0 Å². The highest BCUT2D eigenvalue weighted by molar-refractivity contribution is 7.89. The predicted octanol–water partition coefficient (Wildman–Crippen LogP) is 2.86. The third-order valence-corrected chi connectivity index (χ3v) is 4.76. The second kappa shape index (κ2) is 7.77. The Labute approximate surface area is 115 Å². The van der Waals surface area contributed by atoms with E-state index >= 15 is 0 Å². The van der Waals surface area contributed by atoms with Crippen LogP contribution in [-0.2, 0) is 16.6 Å². The standard InChI is InChI=1S/C13H20ClNO2S/c1-2-3-11-18(16,17)15(10-9-14)12-13-7-5-4-6-8-13/h4-8H,2-3,9-12H2,1H3. The minimum absolute atomic E-state index is 0.202. The summed E-state index contributed by atoms with van der Waals surface area (Å²) in [6.45, 7) is 2.75. The molecular weight excluding hydrogens is 270 g/mol. The fraction of sp³-hybridized carbons (Fsp3) is 0.538. The number of benzene rings is 1. The van der Waals surface area contributed by atoms with Crippen molar-refractivity contribution in [2.24, 2.45) is 0 Å². The van der Waals surface area contributed by atoms with E-state index in [4.69, 9.17) is 11.6 Å². The van der Waals surface area contributed by atoms with E-state index in [0.29, 0.717) is 25.4 Å². The summed E-state index contributed by atoms with van der Waals surface area (Å²) in [5, 5.41) is 0. The van der Waals surface area contributed by atoms with Crippen LogP contribution in [0.25, 0.3) is 0 Å². The summed E-state index contributed by atoms with van der Waals surface area (Å²) in [6, 6.07) is 9.59. The van der Waals surface area contributed by atoms with Crippen molar-refractivity contribution in [2.75, 3.05) is 18.2 Å². The van der Waals surface area contributed by atoms with Crippen molar-refractivity contribution in [3.63, 3.8) is 0 Å². The minimum atomic E-state index is -3.20. The van der Waals surface area contributed by atoms with Gasteiger partial charge >= 0.3 is 0 Å². The lowest BCUT2D eigenvalue weighted by Gasteiger charge is -2.21. The molecule has 0 heterocycles. The van der Waals surface area contributed by atoms with E-state index < -0.39 is 10.0 Å². The monoisotopic (exact) mass is 289 g/mol. The number of alkyl halides is 1. The second-order valence-electron chi connectivity index (χ2n) is 4.18. The smallest absolute Gasteiger partial charge is 0.212 e. The summed E-state index contributed by atoms with van der Waals surface area (Å²) in [7, 11) is -3.20. The molecule has 0 spiro atoms. The molecule has 0 radical (unpaired) electrons. The van der Waals surface area contributed by atoms with Crippen LogP contribution >= 0.6 is 11.6 Å². The third kappa shape index (κ3) is 4.96. The van der Waals surface area contributed by atoms with Gasteiger partial charge in [-0.2, -0.15) is 4.31 Å². The fourth-order valence-corrected chi connectivity index (χ4v) is 3.58. The number of nitrogens with zero attached hydrogens (tertiary/aromatic N) is 1. The summed E-state index contributed by atoms with van der Waals surface area (Å²) >= 11 is 5.70. The molecule has 102 valence electrons. The van der Waals surface area contributed by atoms with E-state index in [1.807, 2.05) is 37.3 Å². The Hall–Kier alpha value is -0.580. The van der Waals surface area contributed by atoms with E-state index in [1.165, 1.54) is 4.31 Å². The molecule has 0 aromatic heterocycles. The van der Waals surface area contributed by atoms with Gasteiger partial charge in [0.15, 0.2) is 0 Å². The van der Waals surface area contributed by atoms with Crippen molar-refractivity contribution >= 4 is 21.6 Å². The maximum absolute atomic E-state index is 12.2. The third-order valence-electron chi connectivity index (χ3n) is 2.68. The van der Waals surface area contributed by atoms with Crippen molar-refractivity contribution < 1.29 is 8.42 Å². The zero-order valence-electron chi connectivity index (χ0n) is 10.7. The van der Waals surface area contributed by atoms with Gasteiger partial charge in [0.25, 0.3) is 0 Å². The molecule has 5 heteroatoms. The van der Waals surface area contributed by atoms with Crippen LogP contribution in [0.1, 0.15) is 25.3 Å². The summed E-state index contributed by atoms with van der Waals surface area (Å²) in [6.07, 6.45) is 1.56. The molecule has 0 aliphatic carbocycles. The molecule has 0 saturated carbocycles. The lowest BCUT2D eigenvalue weighted by molar-refractivity contribution is 0.424. The van der Waals surface area contributed by atoms with E-state index in [9.17, 15) is 8.42 Å². The molecule has 0 aliphatic rings. The van der Waals surface area contributed by atoms with Gasteiger partial charge < -0.3 is 0 Å². The molecule has 18 heavy (non-hydrogen) atoms. The van der Waals surface area contributed by atoms with Crippen LogP contribution in [0.5, 0.6) is 0 Å². The van der Waals surface area contributed by atoms with Gasteiger partial charge in [-0.05, 0) is 12.0 Å². The Morgan fingerprint density at radius 1 is 1.22 bits per heavy atom. The SMILES string of the molecule is CCCCS(=O)(=O)N(CCCl)Cc1ccccc1. The van der Waals surface area contributed by atoms with Gasteiger partial charge in [0.1, 0.15) is 0 Å². The number of unbranched alkanes of at least 4 members (excludes halogenated alkanes) is 1. The van der Waals surface area contributed by atoms with E-state index in [2.05, 4.69) is 0 Å². The lowest BCUT2D eigenvalue weighted by atomic mass is 10.2. The largest absolute Gasteiger partial charge is 0.214 e. The van der Waals surface area contributed by atoms with Crippen molar-refractivity contribution in [3.05, 3.63) is 35.9 Å². The highest BCUT2D eigenvalue weighted by Crippen LogP contribution is 2.11. The second-order valence-corrected chi connectivity index (χ2v) is 6.64. The van der Waals surface area contributed by atoms with Crippen LogP contribution in [0.3, 0.4) is 0 Å². The van der Waals surface area contributed by atoms with Crippen molar-refractivity contribution in [2.45, 2.75) is 26.3 Å². The molecule has 0 aliphatic heterocycles. The summed E-state index contributed by atoms with van der Waals surface area (Å²) in [4.78, 5) is 0. The molecule has 3 nitrogen and oxygen atoms in total. The van der Waals surface area contributed by atoms with Gasteiger partial charge in [0.2, 0.25) is 10.0 Å². The number of sulfonamides is 1. The van der Waals surface area contributed by atoms with Crippen LogP contribution in [-0.4, -0.2) is 30.9 Å². The Kier molecular flexibility index (Phi) is 6.68. The molecule has 1 rings (SSSR count). The number of rotatable bonds is 8. The topological polar surface area (TPSA) is 37.4 Å². The first-order valence-electron chi connectivity index (χ1n) is 6.18. The molecule has 0 amide bonds. The molecule has 1 aromatic rings. The molecule has 1 aromatic carbocycles. The number of hydrogen-bond donors (Lipinski definition) is 0. The Morgan fingerprint density at radius 2 is 1.89 bits per heavy atom. The van der Waals surface area contributed by atoms with Crippen LogP contribution in [0.15, 0.2) is 30.3 Å². The molecule has 0 bridgehead atoms. The first-order valence-corrected chi connectivity index (χ1v) is 8.32. The van der Waals surface area contributed by atoms with Gasteiger partial charge in [-0.3, -0.25) is 0 Å². The predicted molar refractivity (Wildman–Crippen MR) is 76.3 cm³/mol. The highest BCUT2D eigenvalue weighted by Gasteiger charge is 2.20. The van der Waals surface area contributed by atoms with Crippen molar-refractivity contribution in [3.8, 4) is 0 Å². The Bertz CT molecular complexity index is 434. The van der Waals surface area contributed by atoms with Gasteiger partial charge in [0, 0.05) is 19.0 Å². The van der Waals surface area contributed by atoms with Gasteiger partial charge in [-0.15, -0.1) is 11.6 Å². The first-order chi connectivity index (χ1) is 8.60. The normalized spacial score (nSPS) is 11.9. The van der Waals surface area contributed by atoms with Crippen LogP contribution in [0.2, 0.25) is 0 Å². The van der Waals surface area contributed by atoms with E-state index in [-0.39, 0.29) is 5.75 Å². The molecule has 0 fully saturated rings. The van der Waals surface area contributed by atoms with Crippen LogP contribution in [0.4, 0.5) is 0 Å². The Balaban J connectivity index is 2.76. The average Bonchev–Trinajstić information content (AvgIpc) is 2.37. The molecule has 0 saturated heterocycles. The molecule has 0 unspecified atom stereocenters. The molecular formula is C13H20ClNO2S. The zero-order chi connectivity index (χ0) is 13.4. The fourth-order valence-electron chi connectivity index (χ4n) is 1.65. The minimum Gasteiger partial charge on any atom is -0.212 e. The van der Waals surface area contributed by atoms with Crippen LogP contribution in [0, 0.1) is 0 Å². The van der Waals surface area contributed by atoms with Gasteiger partial charge in [-0.25, -0.2) is 8.42 Å². The summed E-state index contributed by atoms with van der Waals surface area (Å²) < 4.78 is 25.8. The van der Waals surface area contributed by atoms with E-state index in [1.54, 1.807) is 0 Å². The number of halogens is 1. The molecule has 0 N–H and O–H groups in total. The Morgan fingerprint density at radius 3 is 2.44 bits per heavy atom.